The highest BCUT2D eigenvalue weighted by Gasteiger charge is 2.20. The Labute approximate surface area is 89.1 Å². The molecule has 1 aromatic heterocycles. The van der Waals surface area contributed by atoms with Gasteiger partial charge in [-0.15, -0.1) is 0 Å². The van der Waals surface area contributed by atoms with Crippen LogP contribution in [0.3, 0.4) is 0 Å². The molecule has 0 radical (unpaired) electrons. The molecular weight excluding hydrogens is 190 g/mol. The lowest BCUT2D eigenvalue weighted by molar-refractivity contribution is -0.119. The highest BCUT2D eigenvalue weighted by molar-refractivity contribution is 5.92. The number of anilines is 1. The number of pyridine rings is 1. The summed E-state index contributed by atoms with van der Waals surface area (Å²) >= 11 is 0. The molecule has 1 amide bonds. The molecule has 2 heterocycles. The van der Waals surface area contributed by atoms with Crippen molar-refractivity contribution in [1.82, 2.24) is 4.98 Å². The molecule has 2 N–H and O–H groups in total. The Bertz CT molecular complexity index is 365. The Balaban J connectivity index is 2.23. The maximum atomic E-state index is 11.6. The van der Waals surface area contributed by atoms with E-state index in [0.717, 1.165) is 30.9 Å². The maximum Gasteiger partial charge on any atom is 0.228 e. The summed E-state index contributed by atoms with van der Waals surface area (Å²) < 4.78 is 0. The minimum Gasteiger partial charge on any atom is -0.325 e. The number of rotatable bonds is 2. The molecule has 4 nitrogen and oxygen atoms in total. The predicted molar refractivity (Wildman–Crippen MR) is 58.3 cm³/mol. The van der Waals surface area contributed by atoms with Gasteiger partial charge in [-0.25, -0.2) is 4.98 Å². The molecule has 1 aliphatic rings. The van der Waals surface area contributed by atoms with Gasteiger partial charge < -0.3 is 5.73 Å². The number of hydrogen-bond donors (Lipinski definition) is 1. The summed E-state index contributed by atoms with van der Waals surface area (Å²) in [5.41, 5.74) is 6.34. The predicted octanol–water partition coefficient (Wildman–Crippen LogP) is 1.06. The van der Waals surface area contributed by atoms with Crippen LogP contribution in [0.4, 0.5) is 5.82 Å². The van der Waals surface area contributed by atoms with E-state index in [-0.39, 0.29) is 5.91 Å². The van der Waals surface area contributed by atoms with E-state index in [4.69, 9.17) is 5.73 Å². The first-order valence-electron chi connectivity index (χ1n) is 5.27. The molecule has 1 aliphatic heterocycles. The molecule has 1 fully saturated rings. The molecule has 2 rings (SSSR count). The van der Waals surface area contributed by atoms with Crippen molar-refractivity contribution in [3.05, 3.63) is 23.9 Å². The molecule has 0 spiro atoms. The van der Waals surface area contributed by atoms with Crippen LogP contribution in [0.1, 0.15) is 25.0 Å². The Kier molecular flexibility index (Phi) is 2.97. The largest absolute Gasteiger partial charge is 0.325 e. The molecule has 80 valence electrons. The van der Waals surface area contributed by atoms with Gasteiger partial charge in [0, 0.05) is 19.5 Å². The van der Waals surface area contributed by atoms with E-state index in [2.05, 4.69) is 4.98 Å². The van der Waals surface area contributed by atoms with Crippen LogP contribution in [0, 0.1) is 0 Å². The van der Waals surface area contributed by atoms with Crippen molar-refractivity contribution < 1.29 is 4.79 Å². The number of amides is 1. The molecule has 0 saturated carbocycles. The number of aromatic nitrogens is 1. The van der Waals surface area contributed by atoms with Gasteiger partial charge in [0.05, 0.1) is 5.69 Å². The third-order valence-corrected chi connectivity index (χ3v) is 2.60. The van der Waals surface area contributed by atoms with Crippen LogP contribution < -0.4 is 10.6 Å². The van der Waals surface area contributed by atoms with Crippen LogP contribution in [-0.4, -0.2) is 17.4 Å². The highest BCUT2D eigenvalue weighted by atomic mass is 16.2. The van der Waals surface area contributed by atoms with Crippen molar-refractivity contribution in [1.29, 1.82) is 0 Å². The smallest absolute Gasteiger partial charge is 0.228 e. The van der Waals surface area contributed by atoms with Gasteiger partial charge in [-0.1, -0.05) is 6.07 Å². The number of carbonyl (C=O) groups is 1. The minimum absolute atomic E-state index is 0.169. The summed E-state index contributed by atoms with van der Waals surface area (Å²) in [5, 5.41) is 0. The van der Waals surface area contributed by atoms with Gasteiger partial charge in [0.2, 0.25) is 5.91 Å². The zero-order valence-corrected chi connectivity index (χ0v) is 8.65. The fourth-order valence-corrected chi connectivity index (χ4v) is 1.78. The van der Waals surface area contributed by atoms with E-state index in [9.17, 15) is 4.79 Å². The van der Waals surface area contributed by atoms with E-state index in [1.165, 1.54) is 0 Å². The molecule has 4 heteroatoms. The van der Waals surface area contributed by atoms with Gasteiger partial charge in [0.15, 0.2) is 0 Å². The Hall–Kier alpha value is -1.42. The molecule has 0 aromatic carbocycles. The number of nitrogens with two attached hydrogens (primary N) is 1. The van der Waals surface area contributed by atoms with E-state index >= 15 is 0 Å². The van der Waals surface area contributed by atoms with Crippen molar-refractivity contribution in [2.24, 2.45) is 5.73 Å². The molecule has 1 saturated heterocycles. The normalized spacial score (nSPS) is 16.9. The second kappa shape index (κ2) is 4.40. The van der Waals surface area contributed by atoms with Gasteiger partial charge in [-0.3, -0.25) is 9.69 Å². The van der Waals surface area contributed by atoms with Crippen LogP contribution in [0.25, 0.3) is 0 Å². The Morgan fingerprint density at radius 1 is 1.40 bits per heavy atom. The summed E-state index contributed by atoms with van der Waals surface area (Å²) in [4.78, 5) is 17.7. The van der Waals surface area contributed by atoms with Gasteiger partial charge in [0.25, 0.3) is 0 Å². The monoisotopic (exact) mass is 205 g/mol. The highest BCUT2D eigenvalue weighted by Crippen LogP contribution is 2.18. The molecule has 15 heavy (non-hydrogen) atoms. The minimum atomic E-state index is 0.169. The van der Waals surface area contributed by atoms with E-state index < -0.39 is 0 Å². The van der Waals surface area contributed by atoms with Crippen molar-refractivity contribution >= 4 is 11.7 Å². The molecule has 1 aromatic rings. The number of carbonyl (C=O) groups excluding carboxylic acids is 1. The van der Waals surface area contributed by atoms with Gasteiger partial charge in [-0.2, -0.15) is 0 Å². The van der Waals surface area contributed by atoms with Crippen LogP contribution in [0.2, 0.25) is 0 Å². The van der Waals surface area contributed by atoms with Crippen molar-refractivity contribution in [2.75, 3.05) is 11.4 Å². The Morgan fingerprint density at radius 3 is 3.00 bits per heavy atom. The second-order valence-electron chi connectivity index (χ2n) is 3.69. The first kappa shape index (κ1) is 10.1. The van der Waals surface area contributed by atoms with E-state index in [1.807, 2.05) is 18.2 Å². The van der Waals surface area contributed by atoms with Gasteiger partial charge >= 0.3 is 0 Å². The third-order valence-electron chi connectivity index (χ3n) is 2.60. The summed E-state index contributed by atoms with van der Waals surface area (Å²) in [7, 11) is 0. The van der Waals surface area contributed by atoms with Crippen molar-refractivity contribution in [2.45, 2.75) is 25.8 Å². The quantitative estimate of drug-likeness (QED) is 0.785. The van der Waals surface area contributed by atoms with Crippen molar-refractivity contribution in [3.8, 4) is 0 Å². The third kappa shape index (κ3) is 2.15. The number of nitrogens with zero attached hydrogens (tertiary/aromatic N) is 2. The van der Waals surface area contributed by atoms with E-state index in [1.54, 1.807) is 4.90 Å². The lowest BCUT2D eigenvalue weighted by atomic mass is 10.1. The number of hydrogen-bond acceptors (Lipinski definition) is 3. The molecule has 0 unspecified atom stereocenters. The SMILES string of the molecule is NCc1cccc(N2CCCCC2=O)n1. The summed E-state index contributed by atoms with van der Waals surface area (Å²) in [5.74, 6) is 0.908. The van der Waals surface area contributed by atoms with Crippen LogP contribution >= 0.6 is 0 Å². The summed E-state index contributed by atoms with van der Waals surface area (Å²) in [6.45, 7) is 1.19. The average molecular weight is 205 g/mol. The van der Waals surface area contributed by atoms with Crippen molar-refractivity contribution in [3.63, 3.8) is 0 Å². The van der Waals surface area contributed by atoms with Crippen LogP contribution in [0.5, 0.6) is 0 Å². The second-order valence-corrected chi connectivity index (χ2v) is 3.69. The maximum absolute atomic E-state index is 11.6. The first-order valence-corrected chi connectivity index (χ1v) is 5.27. The van der Waals surface area contributed by atoms with Crippen LogP contribution in [0.15, 0.2) is 18.2 Å². The molecule has 0 bridgehead atoms. The lowest BCUT2D eigenvalue weighted by Gasteiger charge is -2.25. The average Bonchev–Trinajstić information content (AvgIpc) is 2.30. The molecule has 0 atom stereocenters. The molecular formula is C11H15N3O. The van der Waals surface area contributed by atoms with Crippen LogP contribution in [-0.2, 0) is 11.3 Å². The zero-order chi connectivity index (χ0) is 10.7. The standard InChI is InChI=1S/C11H15N3O/c12-8-9-4-3-5-10(13-9)14-7-2-1-6-11(14)15/h3-5H,1-2,6-8,12H2. The Morgan fingerprint density at radius 2 is 2.27 bits per heavy atom. The van der Waals surface area contributed by atoms with Gasteiger partial charge in [0.1, 0.15) is 5.82 Å². The fraction of sp³-hybridized carbons (Fsp3) is 0.455. The lowest BCUT2D eigenvalue weighted by Crippen LogP contribution is -2.35. The topological polar surface area (TPSA) is 59.2 Å². The first-order chi connectivity index (χ1) is 7.31. The summed E-state index contributed by atoms with van der Waals surface area (Å²) in [6, 6.07) is 5.63. The number of piperidine rings is 1. The molecule has 0 aliphatic carbocycles. The fourth-order valence-electron chi connectivity index (χ4n) is 1.78. The van der Waals surface area contributed by atoms with Gasteiger partial charge in [-0.05, 0) is 25.0 Å². The van der Waals surface area contributed by atoms with E-state index in [0.29, 0.717) is 13.0 Å². The summed E-state index contributed by atoms with van der Waals surface area (Å²) in [6.07, 6.45) is 2.68. The zero-order valence-electron chi connectivity index (χ0n) is 8.65.